The van der Waals surface area contributed by atoms with Crippen LogP contribution in [0.5, 0.6) is 0 Å². The first-order valence-electron chi connectivity index (χ1n) is 7.82. The monoisotopic (exact) mass is 452 g/mol. The number of nitrogens with zero attached hydrogens (tertiary/aromatic N) is 1. The Labute approximate surface area is 167 Å². The number of nitrogens with one attached hydrogen (secondary N) is 1. The van der Waals surface area contributed by atoms with Gasteiger partial charge in [-0.2, -0.15) is 0 Å². The molecule has 1 N–H and O–H groups in total. The molecule has 0 fully saturated rings. The van der Waals surface area contributed by atoms with Crippen LogP contribution in [0.3, 0.4) is 0 Å². The number of hydrogen-bond donors (Lipinski definition) is 1. The van der Waals surface area contributed by atoms with Crippen LogP contribution in [0.2, 0.25) is 5.02 Å². The van der Waals surface area contributed by atoms with Crippen molar-refractivity contribution < 1.29 is 21.2 Å². The van der Waals surface area contributed by atoms with Crippen molar-refractivity contribution in [3.8, 4) is 0 Å². The zero-order chi connectivity index (χ0) is 19.8. The Kier molecular flexibility index (Phi) is 5.58. The third-order valence-corrected chi connectivity index (χ3v) is 7.93. The summed E-state index contributed by atoms with van der Waals surface area (Å²) in [7, 11) is -8.07. The summed E-state index contributed by atoms with van der Waals surface area (Å²) in [5.41, 5.74) is 0.649. The van der Waals surface area contributed by atoms with Crippen molar-refractivity contribution in [3.05, 3.63) is 52.8 Å². The number of halogens is 3. The molecule has 0 unspecified atom stereocenters. The average molecular weight is 453 g/mol. The van der Waals surface area contributed by atoms with Gasteiger partial charge in [0, 0.05) is 6.54 Å². The van der Waals surface area contributed by atoms with E-state index in [0.717, 1.165) is 16.4 Å². The van der Waals surface area contributed by atoms with E-state index in [0.29, 0.717) is 18.4 Å². The molecule has 2 aromatic rings. The molecule has 0 saturated heterocycles. The second-order valence-electron chi connectivity index (χ2n) is 5.89. The number of sulfonamides is 2. The average Bonchev–Trinajstić information content (AvgIpc) is 2.63. The number of benzene rings is 2. The van der Waals surface area contributed by atoms with Crippen LogP contribution in [0.25, 0.3) is 0 Å². The number of fused-ring (bicyclic) bond motifs is 1. The molecule has 0 aliphatic carbocycles. The SMILES string of the molecule is O=S(=O)(Nc1ccc(F)cc1Cl)c1cccc2c1N(S(=O)(=O)CCl)CCC2. The Morgan fingerprint density at radius 3 is 2.56 bits per heavy atom. The lowest BCUT2D eigenvalue weighted by molar-refractivity contribution is 0.589. The van der Waals surface area contributed by atoms with Crippen molar-refractivity contribution in [3.63, 3.8) is 0 Å². The number of hydrogen-bond acceptors (Lipinski definition) is 4. The van der Waals surface area contributed by atoms with E-state index in [4.69, 9.17) is 23.2 Å². The minimum absolute atomic E-state index is 0.0155. The Morgan fingerprint density at radius 1 is 1.15 bits per heavy atom. The van der Waals surface area contributed by atoms with Gasteiger partial charge in [-0.15, -0.1) is 11.6 Å². The lowest BCUT2D eigenvalue weighted by Gasteiger charge is -2.31. The highest BCUT2D eigenvalue weighted by atomic mass is 35.5. The van der Waals surface area contributed by atoms with Crippen LogP contribution in [0.1, 0.15) is 12.0 Å². The minimum Gasteiger partial charge on any atom is -0.278 e. The van der Waals surface area contributed by atoms with Gasteiger partial charge in [-0.1, -0.05) is 23.7 Å². The van der Waals surface area contributed by atoms with E-state index in [1.807, 2.05) is 0 Å². The lowest BCUT2D eigenvalue weighted by atomic mass is 10.0. The largest absolute Gasteiger partial charge is 0.278 e. The molecule has 1 aliphatic heterocycles. The van der Waals surface area contributed by atoms with E-state index >= 15 is 0 Å². The summed E-state index contributed by atoms with van der Waals surface area (Å²) in [4.78, 5) is -0.214. The lowest BCUT2D eigenvalue weighted by Crippen LogP contribution is -2.37. The minimum atomic E-state index is -4.20. The smallest absolute Gasteiger partial charge is 0.264 e. The highest BCUT2D eigenvalue weighted by molar-refractivity contribution is 7.94. The summed E-state index contributed by atoms with van der Waals surface area (Å²) in [6.07, 6.45) is 1.08. The van der Waals surface area contributed by atoms with E-state index in [1.54, 1.807) is 6.07 Å². The zero-order valence-corrected chi connectivity index (χ0v) is 17.0. The summed E-state index contributed by atoms with van der Waals surface area (Å²) in [6, 6.07) is 7.75. The fraction of sp³-hybridized carbons (Fsp3) is 0.250. The Morgan fingerprint density at radius 2 is 1.89 bits per heavy atom. The predicted octanol–water partition coefficient (Wildman–Crippen LogP) is 3.56. The Bertz CT molecular complexity index is 1090. The van der Waals surface area contributed by atoms with Crippen LogP contribution in [0, 0.1) is 5.82 Å². The van der Waals surface area contributed by atoms with Gasteiger partial charge in [-0.05, 0) is 42.7 Å². The predicted molar refractivity (Wildman–Crippen MR) is 104 cm³/mol. The van der Waals surface area contributed by atoms with Gasteiger partial charge in [0.05, 0.1) is 16.4 Å². The van der Waals surface area contributed by atoms with Crippen LogP contribution in [0.15, 0.2) is 41.3 Å². The van der Waals surface area contributed by atoms with Crippen molar-refractivity contribution in [1.29, 1.82) is 0 Å². The van der Waals surface area contributed by atoms with Crippen molar-refractivity contribution in [2.75, 3.05) is 20.8 Å². The zero-order valence-electron chi connectivity index (χ0n) is 13.8. The van der Waals surface area contributed by atoms with Crippen molar-refractivity contribution in [2.45, 2.75) is 17.7 Å². The van der Waals surface area contributed by atoms with Crippen LogP contribution in [-0.4, -0.2) is 28.6 Å². The Hall–Kier alpha value is -1.55. The molecule has 1 heterocycles. The third-order valence-electron chi connectivity index (χ3n) is 4.08. The summed E-state index contributed by atoms with van der Waals surface area (Å²) < 4.78 is 67.2. The van der Waals surface area contributed by atoms with Crippen LogP contribution >= 0.6 is 23.2 Å². The first-order valence-corrected chi connectivity index (χ1v) is 11.8. The number of aryl methyl sites for hydroxylation is 1. The number of anilines is 2. The van der Waals surface area contributed by atoms with E-state index in [-0.39, 0.29) is 27.8 Å². The summed E-state index contributed by atoms with van der Waals surface area (Å²) >= 11 is 11.5. The maximum atomic E-state index is 13.2. The van der Waals surface area contributed by atoms with Crippen molar-refractivity contribution >= 4 is 54.6 Å². The van der Waals surface area contributed by atoms with Gasteiger partial charge in [-0.3, -0.25) is 9.03 Å². The standard InChI is InChI=1S/C16H15Cl2FN2O4S2/c17-10-26(22,23)21-8-2-4-11-3-1-5-15(16(11)21)27(24,25)20-14-7-6-12(19)9-13(14)18/h1,3,5-7,9,20H,2,4,8,10H2. The van der Waals surface area contributed by atoms with Gasteiger partial charge < -0.3 is 0 Å². The molecule has 27 heavy (non-hydrogen) atoms. The molecular weight excluding hydrogens is 438 g/mol. The molecule has 0 bridgehead atoms. The van der Waals surface area contributed by atoms with Crippen LogP contribution < -0.4 is 9.03 Å². The van der Waals surface area contributed by atoms with Gasteiger partial charge in [0.1, 0.15) is 15.9 Å². The molecule has 0 spiro atoms. The molecule has 1 aliphatic rings. The molecule has 0 aromatic heterocycles. The molecule has 0 radical (unpaired) electrons. The molecule has 6 nitrogen and oxygen atoms in total. The van der Waals surface area contributed by atoms with E-state index in [9.17, 15) is 21.2 Å². The molecule has 0 saturated carbocycles. The second kappa shape index (κ2) is 7.46. The summed E-state index contributed by atoms with van der Waals surface area (Å²) in [5, 5.41) is -0.786. The van der Waals surface area contributed by atoms with Gasteiger partial charge >= 0.3 is 0 Å². The molecule has 2 aromatic carbocycles. The third kappa shape index (κ3) is 4.01. The van der Waals surface area contributed by atoms with E-state index in [1.165, 1.54) is 18.2 Å². The van der Waals surface area contributed by atoms with Crippen molar-refractivity contribution in [2.24, 2.45) is 0 Å². The molecular formula is C16H15Cl2FN2O4S2. The molecule has 0 atom stereocenters. The van der Waals surface area contributed by atoms with Crippen molar-refractivity contribution in [1.82, 2.24) is 0 Å². The van der Waals surface area contributed by atoms with Gasteiger partial charge in [-0.25, -0.2) is 21.2 Å². The first-order chi connectivity index (χ1) is 12.7. The second-order valence-corrected chi connectivity index (χ2v) is 10.4. The van der Waals surface area contributed by atoms with E-state index < -0.39 is 31.1 Å². The molecule has 3 rings (SSSR count). The van der Waals surface area contributed by atoms with Crippen LogP contribution in [-0.2, 0) is 26.5 Å². The number of alkyl halides is 1. The summed E-state index contributed by atoms with van der Waals surface area (Å²) in [6.45, 7) is 0.131. The maximum absolute atomic E-state index is 13.2. The molecule has 146 valence electrons. The normalized spacial score (nSPS) is 14.7. The number of rotatable bonds is 5. The topological polar surface area (TPSA) is 83.6 Å². The van der Waals surface area contributed by atoms with Gasteiger partial charge in [0.25, 0.3) is 10.0 Å². The van der Waals surface area contributed by atoms with Crippen LogP contribution in [0.4, 0.5) is 15.8 Å². The highest BCUT2D eigenvalue weighted by Gasteiger charge is 2.33. The Balaban J connectivity index is 2.12. The van der Waals surface area contributed by atoms with E-state index in [2.05, 4.69) is 4.72 Å². The molecule has 11 heteroatoms. The first kappa shape index (κ1) is 20.2. The molecule has 0 amide bonds. The fourth-order valence-electron chi connectivity index (χ4n) is 2.90. The van der Waals surface area contributed by atoms with Gasteiger partial charge in [0.15, 0.2) is 0 Å². The highest BCUT2D eigenvalue weighted by Crippen LogP contribution is 2.37. The number of para-hydroxylation sites is 1. The quantitative estimate of drug-likeness (QED) is 0.702. The summed E-state index contributed by atoms with van der Waals surface area (Å²) in [5.74, 6) is -0.612. The van der Waals surface area contributed by atoms with Gasteiger partial charge in [0.2, 0.25) is 10.0 Å². The fourth-order valence-corrected chi connectivity index (χ4v) is 5.93. The maximum Gasteiger partial charge on any atom is 0.264 e.